The van der Waals surface area contributed by atoms with Crippen molar-refractivity contribution in [2.45, 2.75) is 39.2 Å². The van der Waals surface area contributed by atoms with Crippen LogP contribution in [0.15, 0.2) is 0 Å². The smallest absolute Gasteiger partial charge is 0.0122 e. The Hall–Kier alpha value is -0.0800. The first-order valence-electron chi connectivity index (χ1n) is 5.42. The summed E-state index contributed by atoms with van der Waals surface area (Å²) in [6.45, 7) is 10.5. The van der Waals surface area contributed by atoms with E-state index in [1.54, 1.807) is 0 Å². The van der Waals surface area contributed by atoms with Crippen molar-refractivity contribution < 1.29 is 0 Å². The zero-order valence-electron chi connectivity index (χ0n) is 9.56. The van der Waals surface area contributed by atoms with Gasteiger partial charge in [0.2, 0.25) is 0 Å². The van der Waals surface area contributed by atoms with Crippen LogP contribution >= 0.6 is 0 Å². The predicted octanol–water partition coefficient (Wildman–Crippen LogP) is 1.72. The highest BCUT2D eigenvalue weighted by atomic mass is 15.2. The van der Waals surface area contributed by atoms with Crippen LogP contribution in [0, 0.1) is 5.92 Å². The van der Waals surface area contributed by atoms with Crippen molar-refractivity contribution in [3.8, 4) is 0 Å². The van der Waals surface area contributed by atoms with Crippen molar-refractivity contribution in [2.24, 2.45) is 5.92 Å². The monoisotopic (exact) mass is 184 g/mol. The van der Waals surface area contributed by atoms with Crippen LogP contribution in [-0.4, -0.2) is 37.1 Å². The van der Waals surface area contributed by atoms with Crippen molar-refractivity contribution in [1.82, 2.24) is 10.2 Å². The highest BCUT2D eigenvalue weighted by Gasteiger charge is 2.21. The quantitative estimate of drug-likeness (QED) is 0.703. The Morgan fingerprint density at radius 1 is 1.38 bits per heavy atom. The first-order valence-corrected chi connectivity index (χ1v) is 5.42. The van der Waals surface area contributed by atoms with Crippen LogP contribution in [0.1, 0.15) is 33.6 Å². The highest BCUT2D eigenvalue weighted by molar-refractivity contribution is 4.78. The van der Waals surface area contributed by atoms with Gasteiger partial charge >= 0.3 is 0 Å². The molecule has 78 valence electrons. The van der Waals surface area contributed by atoms with Crippen molar-refractivity contribution in [1.29, 1.82) is 0 Å². The molecule has 0 spiro atoms. The van der Waals surface area contributed by atoms with E-state index in [0.29, 0.717) is 5.54 Å². The van der Waals surface area contributed by atoms with Gasteiger partial charge in [0.05, 0.1) is 0 Å². The second kappa shape index (κ2) is 4.43. The Kier molecular flexibility index (Phi) is 3.74. The molecule has 13 heavy (non-hydrogen) atoms. The second-order valence-corrected chi connectivity index (χ2v) is 5.26. The van der Waals surface area contributed by atoms with Crippen LogP contribution in [-0.2, 0) is 0 Å². The fourth-order valence-corrected chi connectivity index (χ4v) is 1.74. The first-order chi connectivity index (χ1) is 6.00. The number of hydrogen-bond acceptors (Lipinski definition) is 2. The summed E-state index contributed by atoms with van der Waals surface area (Å²) < 4.78 is 0. The minimum atomic E-state index is 0.317. The van der Waals surface area contributed by atoms with Gasteiger partial charge in [-0.15, -0.1) is 0 Å². The molecule has 1 fully saturated rings. The zero-order valence-corrected chi connectivity index (χ0v) is 9.56. The van der Waals surface area contributed by atoms with Gasteiger partial charge in [0.15, 0.2) is 0 Å². The van der Waals surface area contributed by atoms with Crippen LogP contribution in [0.2, 0.25) is 0 Å². The maximum Gasteiger partial charge on any atom is 0.0122 e. The lowest BCUT2D eigenvalue weighted by Crippen LogP contribution is -2.44. The molecule has 0 bridgehead atoms. The number of nitrogens with zero attached hydrogens (tertiary/aromatic N) is 1. The Morgan fingerprint density at radius 2 is 2.08 bits per heavy atom. The van der Waals surface area contributed by atoms with Gasteiger partial charge in [-0.1, -0.05) is 0 Å². The molecule has 1 N–H and O–H groups in total. The number of piperidine rings is 1. The maximum absolute atomic E-state index is 3.46. The molecule has 1 rings (SSSR count). The Morgan fingerprint density at radius 3 is 2.54 bits per heavy atom. The van der Waals surface area contributed by atoms with Crippen molar-refractivity contribution in [3.05, 3.63) is 0 Å². The van der Waals surface area contributed by atoms with Gasteiger partial charge in [-0.05, 0) is 59.7 Å². The Bertz CT molecular complexity index is 143. The molecular weight excluding hydrogens is 160 g/mol. The van der Waals surface area contributed by atoms with E-state index in [4.69, 9.17) is 0 Å². The average molecular weight is 184 g/mol. The van der Waals surface area contributed by atoms with E-state index in [1.165, 1.54) is 32.5 Å². The lowest BCUT2D eigenvalue weighted by atomic mass is 9.97. The molecule has 1 aliphatic heterocycles. The van der Waals surface area contributed by atoms with Crippen molar-refractivity contribution >= 4 is 0 Å². The summed E-state index contributed by atoms with van der Waals surface area (Å²) in [4.78, 5) is 2.46. The van der Waals surface area contributed by atoms with Crippen LogP contribution < -0.4 is 5.32 Å². The molecule has 1 heterocycles. The fourth-order valence-electron chi connectivity index (χ4n) is 1.74. The summed E-state index contributed by atoms with van der Waals surface area (Å²) in [5.41, 5.74) is 0.317. The van der Waals surface area contributed by atoms with E-state index in [-0.39, 0.29) is 0 Å². The highest BCUT2D eigenvalue weighted by Crippen LogP contribution is 2.16. The van der Waals surface area contributed by atoms with E-state index in [2.05, 4.69) is 38.0 Å². The number of rotatable bonds is 2. The summed E-state index contributed by atoms with van der Waals surface area (Å²) in [7, 11) is 2.23. The molecule has 0 unspecified atom stereocenters. The molecule has 0 aromatic heterocycles. The SMILES string of the molecule is CN(C[C@H]1CCCNC1)C(C)(C)C. The molecule has 0 aliphatic carbocycles. The Labute approximate surface area is 82.7 Å². The lowest BCUT2D eigenvalue weighted by Gasteiger charge is -2.36. The summed E-state index contributed by atoms with van der Waals surface area (Å²) in [5, 5.41) is 3.46. The topological polar surface area (TPSA) is 15.3 Å². The van der Waals surface area contributed by atoms with Crippen LogP contribution in [0.3, 0.4) is 0 Å². The minimum Gasteiger partial charge on any atom is -0.316 e. The largest absolute Gasteiger partial charge is 0.316 e. The molecule has 2 nitrogen and oxygen atoms in total. The third kappa shape index (κ3) is 3.65. The molecule has 0 aromatic carbocycles. The molecule has 0 radical (unpaired) electrons. The summed E-state index contributed by atoms with van der Waals surface area (Å²) in [6.07, 6.45) is 2.75. The van der Waals surface area contributed by atoms with E-state index in [9.17, 15) is 0 Å². The summed E-state index contributed by atoms with van der Waals surface area (Å²) in [5.74, 6) is 0.859. The van der Waals surface area contributed by atoms with E-state index < -0.39 is 0 Å². The molecule has 0 amide bonds. The van der Waals surface area contributed by atoms with Crippen LogP contribution in [0.25, 0.3) is 0 Å². The van der Waals surface area contributed by atoms with Gasteiger partial charge in [0.1, 0.15) is 0 Å². The molecular formula is C11H24N2. The second-order valence-electron chi connectivity index (χ2n) is 5.26. The molecule has 2 heteroatoms. The Balaban J connectivity index is 2.30. The maximum atomic E-state index is 3.46. The van der Waals surface area contributed by atoms with Gasteiger partial charge in [-0.25, -0.2) is 0 Å². The number of hydrogen-bond donors (Lipinski definition) is 1. The average Bonchev–Trinajstić information content (AvgIpc) is 2.04. The normalized spacial score (nSPS) is 25.2. The predicted molar refractivity (Wildman–Crippen MR) is 58.0 cm³/mol. The van der Waals surface area contributed by atoms with Gasteiger partial charge in [-0.2, -0.15) is 0 Å². The molecule has 0 aromatic rings. The minimum absolute atomic E-state index is 0.317. The first kappa shape index (κ1) is 11.0. The van der Waals surface area contributed by atoms with Crippen molar-refractivity contribution in [3.63, 3.8) is 0 Å². The lowest BCUT2D eigenvalue weighted by molar-refractivity contribution is 0.138. The van der Waals surface area contributed by atoms with Gasteiger partial charge in [-0.3, -0.25) is 0 Å². The third-order valence-corrected chi connectivity index (χ3v) is 3.08. The van der Waals surface area contributed by atoms with Gasteiger partial charge in [0.25, 0.3) is 0 Å². The summed E-state index contributed by atoms with van der Waals surface area (Å²) >= 11 is 0. The standard InChI is InChI=1S/C11H24N2/c1-11(2,3)13(4)9-10-6-5-7-12-8-10/h10,12H,5-9H2,1-4H3/t10-/m0/s1. The van der Waals surface area contributed by atoms with Crippen LogP contribution in [0.5, 0.6) is 0 Å². The van der Waals surface area contributed by atoms with E-state index in [1.807, 2.05) is 0 Å². The number of nitrogens with one attached hydrogen (secondary N) is 1. The molecule has 1 saturated heterocycles. The molecule has 1 atom stereocenters. The van der Waals surface area contributed by atoms with Gasteiger partial charge in [0, 0.05) is 12.1 Å². The zero-order chi connectivity index (χ0) is 9.90. The fraction of sp³-hybridized carbons (Fsp3) is 1.00. The van der Waals surface area contributed by atoms with E-state index in [0.717, 1.165) is 5.92 Å². The summed E-state index contributed by atoms with van der Waals surface area (Å²) in [6, 6.07) is 0. The third-order valence-electron chi connectivity index (χ3n) is 3.08. The van der Waals surface area contributed by atoms with Crippen LogP contribution in [0.4, 0.5) is 0 Å². The molecule has 1 aliphatic rings. The van der Waals surface area contributed by atoms with Crippen molar-refractivity contribution in [2.75, 3.05) is 26.7 Å². The van der Waals surface area contributed by atoms with Gasteiger partial charge < -0.3 is 10.2 Å². The van der Waals surface area contributed by atoms with E-state index >= 15 is 0 Å². The molecule has 0 saturated carbocycles.